The predicted molar refractivity (Wildman–Crippen MR) is 115 cm³/mol. The van der Waals surface area contributed by atoms with Gasteiger partial charge in [-0.15, -0.1) is 0 Å². The van der Waals surface area contributed by atoms with Crippen LogP contribution in [0.15, 0.2) is 77.7 Å². The van der Waals surface area contributed by atoms with Gasteiger partial charge in [-0.05, 0) is 48.5 Å². The highest BCUT2D eigenvalue weighted by Gasteiger charge is 2.30. The summed E-state index contributed by atoms with van der Waals surface area (Å²) < 4.78 is 43.1. The highest BCUT2D eigenvalue weighted by molar-refractivity contribution is 7.92. The number of carbonyl (C=O) groups excluding carboxylic acids is 1. The normalized spacial score (nSPS) is 13.4. The number of para-hydroxylation sites is 3. The van der Waals surface area contributed by atoms with E-state index in [0.717, 1.165) is 23.2 Å². The van der Waals surface area contributed by atoms with Crippen molar-refractivity contribution in [1.29, 1.82) is 0 Å². The van der Waals surface area contributed by atoms with Gasteiger partial charge in [-0.1, -0.05) is 24.3 Å². The molecule has 2 heterocycles. The molecule has 9 heteroatoms. The first-order chi connectivity index (χ1) is 14.9. The maximum Gasteiger partial charge on any atom is 0.262 e. The van der Waals surface area contributed by atoms with E-state index in [4.69, 9.17) is 0 Å². The second-order valence-electron chi connectivity index (χ2n) is 7.11. The molecule has 156 valence electrons. The van der Waals surface area contributed by atoms with Crippen molar-refractivity contribution in [1.82, 2.24) is 9.55 Å². The molecule has 1 aliphatic rings. The molecule has 4 aromatic rings. The number of aromatic nitrogens is 2. The van der Waals surface area contributed by atoms with Crippen LogP contribution < -0.4 is 9.62 Å². The molecule has 0 bridgehead atoms. The Hall–Kier alpha value is -3.72. The van der Waals surface area contributed by atoms with Gasteiger partial charge in [0.05, 0.1) is 27.2 Å². The van der Waals surface area contributed by atoms with E-state index in [-0.39, 0.29) is 22.1 Å². The third kappa shape index (κ3) is 3.32. The number of imidazole rings is 1. The average molecular weight is 436 g/mol. The molecule has 1 amide bonds. The Balaban J connectivity index is 1.49. The average Bonchev–Trinajstić information content (AvgIpc) is 3.33. The fourth-order valence-electron chi connectivity index (χ4n) is 3.70. The molecule has 0 spiro atoms. The number of halogens is 1. The summed E-state index contributed by atoms with van der Waals surface area (Å²) >= 11 is 0. The van der Waals surface area contributed by atoms with Gasteiger partial charge in [-0.3, -0.25) is 14.4 Å². The summed E-state index contributed by atoms with van der Waals surface area (Å²) in [6, 6.07) is 18.5. The summed E-state index contributed by atoms with van der Waals surface area (Å²) in [5, 5.41) is 0. The van der Waals surface area contributed by atoms with E-state index >= 15 is 0 Å². The monoisotopic (exact) mass is 436 g/mol. The maximum atomic E-state index is 13.4. The fourth-order valence-corrected chi connectivity index (χ4v) is 4.78. The van der Waals surface area contributed by atoms with E-state index in [1.54, 1.807) is 23.1 Å². The quantitative estimate of drug-likeness (QED) is 0.529. The minimum absolute atomic E-state index is 0.0980. The van der Waals surface area contributed by atoms with E-state index in [0.29, 0.717) is 19.0 Å². The van der Waals surface area contributed by atoms with Crippen LogP contribution in [-0.2, 0) is 16.6 Å². The highest BCUT2D eigenvalue weighted by atomic mass is 32.2. The van der Waals surface area contributed by atoms with Gasteiger partial charge in [0.1, 0.15) is 5.82 Å². The number of nitrogens with one attached hydrogen (secondary N) is 1. The molecule has 0 fully saturated rings. The van der Waals surface area contributed by atoms with Gasteiger partial charge in [0.25, 0.3) is 15.9 Å². The third-order valence-corrected chi connectivity index (χ3v) is 6.58. The SMILES string of the molecule is O=C(c1ccccc1NS(=O)(=O)c1ccc(F)cc1)N1CCn2c1nc1ccccc12. The fraction of sp³-hybridized carbons (Fsp3) is 0.0909. The zero-order valence-electron chi connectivity index (χ0n) is 16.2. The molecule has 1 aliphatic heterocycles. The van der Waals surface area contributed by atoms with Crippen LogP contribution in [0.4, 0.5) is 16.0 Å². The number of fused-ring (bicyclic) bond motifs is 3. The lowest BCUT2D eigenvalue weighted by molar-refractivity contribution is 0.0989. The van der Waals surface area contributed by atoms with Crippen LogP contribution in [-0.4, -0.2) is 30.4 Å². The molecular formula is C22H17FN4O3S. The minimum atomic E-state index is -4.00. The van der Waals surface area contributed by atoms with Crippen molar-refractivity contribution in [3.05, 3.63) is 84.2 Å². The summed E-state index contributed by atoms with van der Waals surface area (Å²) in [7, 11) is -4.00. The van der Waals surface area contributed by atoms with Crippen molar-refractivity contribution in [2.45, 2.75) is 11.4 Å². The molecule has 1 aromatic heterocycles. The molecular weight excluding hydrogens is 419 g/mol. The van der Waals surface area contributed by atoms with Gasteiger partial charge >= 0.3 is 0 Å². The summed E-state index contributed by atoms with van der Waals surface area (Å²) in [6.07, 6.45) is 0. The van der Waals surface area contributed by atoms with Gasteiger partial charge in [-0.2, -0.15) is 0 Å². The van der Waals surface area contributed by atoms with Crippen molar-refractivity contribution in [3.8, 4) is 0 Å². The summed E-state index contributed by atoms with van der Waals surface area (Å²) in [5.41, 5.74) is 2.08. The number of rotatable bonds is 4. The number of carbonyl (C=O) groups is 1. The Morgan fingerprint density at radius 1 is 0.935 bits per heavy atom. The van der Waals surface area contributed by atoms with Crippen LogP contribution in [0.3, 0.4) is 0 Å². The van der Waals surface area contributed by atoms with Crippen LogP contribution >= 0.6 is 0 Å². The summed E-state index contributed by atoms with van der Waals surface area (Å²) in [5.74, 6) is -0.361. The van der Waals surface area contributed by atoms with Crippen LogP contribution in [0.1, 0.15) is 10.4 Å². The molecule has 0 atom stereocenters. The molecule has 0 saturated carbocycles. The van der Waals surface area contributed by atoms with Crippen molar-refractivity contribution < 1.29 is 17.6 Å². The molecule has 0 unspecified atom stereocenters. The second-order valence-corrected chi connectivity index (χ2v) is 8.80. The van der Waals surface area contributed by atoms with E-state index in [1.807, 2.05) is 28.8 Å². The third-order valence-electron chi connectivity index (χ3n) is 5.19. The largest absolute Gasteiger partial charge is 0.308 e. The summed E-state index contributed by atoms with van der Waals surface area (Å²) in [4.78, 5) is 19.4. The van der Waals surface area contributed by atoms with E-state index < -0.39 is 15.8 Å². The molecule has 7 nitrogen and oxygen atoms in total. The standard InChI is InChI=1S/C22H17FN4O3S/c23-15-9-11-16(12-10-15)31(29,30)25-18-6-2-1-5-17(18)21(28)27-14-13-26-20-8-4-3-7-19(20)24-22(26)27/h1-12,25H,13-14H2. The van der Waals surface area contributed by atoms with Crippen molar-refractivity contribution in [2.24, 2.45) is 0 Å². The molecule has 5 rings (SSSR count). The van der Waals surface area contributed by atoms with E-state index in [1.165, 1.54) is 18.2 Å². The molecule has 0 aliphatic carbocycles. The predicted octanol–water partition coefficient (Wildman–Crippen LogP) is 3.64. The first-order valence-electron chi connectivity index (χ1n) is 9.58. The lowest BCUT2D eigenvalue weighted by Crippen LogP contribution is -2.30. The number of anilines is 2. The Morgan fingerprint density at radius 3 is 2.45 bits per heavy atom. The lowest BCUT2D eigenvalue weighted by atomic mass is 10.1. The first-order valence-corrected chi connectivity index (χ1v) is 11.1. The van der Waals surface area contributed by atoms with Gasteiger partial charge in [0, 0.05) is 13.1 Å². The van der Waals surface area contributed by atoms with Crippen LogP contribution in [0.2, 0.25) is 0 Å². The van der Waals surface area contributed by atoms with E-state index in [2.05, 4.69) is 9.71 Å². The minimum Gasteiger partial charge on any atom is -0.308 e. The van der Waals surface area contributed by atoms with Gasteiger partial charge < -0.3 is 4.57 Å². The van der Waals surface area contributed by atoms with E-state index in [9.17, 15) is 17.6 Å². The van der Waals surface area contributed by atoms with Gasteiger partial charge in [0.2, 0.25) is 5.95 Å². The molecule has 31 heavy (non-hydrogen) atoms. The van der Waals surface area contributed by atoms with Gasteiger partial charge in [0.15, 0.2) is 0 Å². The van der Waals surface area contributed by atoms with Crippen LogP contribution in [0, 0.1) is 5.82 Å². The number of nitrogens with zero attached hydrogens (tertiary/aromatic N) is 3. The van der Waals surface area contributed by atoms with Crippen LogP contribution in [0.5, 0.6) is 0 Å². The molecule has 3 aromatic carbocycles. The second kappa shape index (κ2) is 7.21. The zero-order chi connectivity index (χ0) is 21.6. The first kappa shape index (κ1) is 19.3. The Kier molecular flexibility index (Phi) is 4.48. The van der Waals surface area contributed by atoms with Crippen molar-refractivity contribution in [3.63, 3.8) is 0 Å². The summed E-state index contributed by atoms with van der Waals surface area (Å²) in [6.45, 7) is 1.04. The molecule has 0 radical (unpaired) electrons. The van der Waals surface area contributed by atoms with Gasteiger partial charge in [-0.25, -0.2) is 17.8 Å². The van der Waals surface area contributed by atoms with Crippen molar-refractivity contribution in [2.75, 3.05) is 16.2 Å². The maximum absolute atomic E-state index is 13.4. The molecule has 1 N–H and O–H groups in total. The number of hydrogen-bond donors (Lipinski definition) is 1. The number of hydrogen-bond acceptors (Lipinski definition) is 4. The Morgan fingerprint density at radius 2 is 1.65 bits per heavy atom. The molecule has 0 saturated heterocycles. The van der Waals surface area contributed by atoms with Crippen molar-refractivity contribution >= 4 is 38.6 Å². The Labute approximate surface area is 177 Å². The van der Waals surface area contributed by atoms with Crippen LogP contribution in [0.25, 0.3) is 11.0 Å². The topological polar surface area (TPSA) is 84.3 Å². The zero-order valence-corrected chi connectivity index (χ0v) is 17.0. The smallest absolute Gasteiger partial charge is 0.262 e. The number of benzene rings is 3. The highest BCUT2D eigenvalue weighted by Crippen LogP contribution is 2.30. The number of sulfonamides is 1. The Bertz CT molecular complexity index is 1410. The number of amides is 1. The lowest BCUT2D eigenvalue weighted by Gasteiger charge is -2.17.